The third kappa shape index (κ3) is 4.32. The number of thiocarbonyl (C=S) groups is 1. The van der Waals surface area contributed by atoms with Gasteiger partial charge in [0.15, 0.2) is 5.11 Å². The molecule has 4 aromatic rings. The van der Waals surface area contributed by atoms with Crippen LogP contribution in [0.15, 0.2) is 53.7 Å². The molecule has 0 saturated carbocycles. The largest absolute Gasteiger partial charge is 0.352 e. The maximum Gasteiger partial charge on any atom is 0.238 e. The Morgan fingerprint density at radius 3 is 2.52 bits per heavy atom. The fraction of sp³-hybridized carbons (Fsp3) is 0.190. The summed E-state index contributed by atoms with van der Waals surface area (Å²) in [6, 6.07) is 11.9. The average Bonchev–Trinajstić information content (AvgIpc) is 3.17. The number of rotatable bonds is 3. The number of H-pyrrole nitrogens is 1. The molecule has 2 aromatic heterocycles. The molecule has 2 aromatic carbocycles. The van der Waals surface area contributed by atoms with Gasteiger partial charge in [-0.15, -0.1) is 0 Å². The van der Waals surface area contributed by atoms with Crippen LogP contribution in [-0.2, 0) is 10.0 Å². The number of fused-ring (bicyclic) bond motifs is 3. The van der Waals surface area contributed by atoms with E-state index >= 15 is 0 Å². The smallest absolute Gasteiger partial charge is 0.238 e. The first-order chi connectivity index (χ1) is 15.8. The van der Waals surface area contributed by atoms with Crippen LogP contribution in [0.3, 0.4) is 0 Å². The Balaban J connectivity index is 1.30. The average molecular weight is 502 g/mol. The van der Waals surface area contributed by atoms with Crippen molar-refractivity contribution >= 4 is 72.4 Å². The van der Waals surface area contributed by atoms with Crippen LogP contribution in [-0.4, -0.2) is 59.6 Å². The second-order valence-corrected chi connectivity index (χ2v) is 10.1. The summed E-state index contributed by atoms with van der Waals surface area (Å²) in [5, 5.41) is 11.5. The highest BCUT2D eigenvalue weighted by molar-refractivity contribution is 7.89. The molecule has 0 spiro atoms. The van der Waals surface area contributed by atoms with Crippen molar-refractivity contribution in [2.75, 3.05) is 36.4 Å². The number of anilines is 2. The van der Waals surface area contributed by atoms with Crippen molar-refractivity contribution < 1.29 is 8.42 Å². The quantitative estimate of drug-likeness (QED) is 0.366. The number of halogens is 1. The lowest BCUT2D eigenvalue weighted by molar-refractivity contribution is 0.390. The summed E-state index contributed by atoms with van der Waals surface area (Å²) in [6.07, 6.45) is 1.57. The van der Waals surface area contributed by atoms with E-state index in [2.05, 4.69) is 30.1 Å². The predicted octanol–water partition coefficient (Wildman–Crippen LogP) is 2.93. The summed E-state index contributed by atoms with van der Waals surface area (Å²) < 4.78 is 22.8. The molecule has 0 bridgehead atoms. The fourth-order valence-corrected chi connectivity index (χ4v) is 4.96. The number of hydrogen-bond acceptors (Lipinski definition) is 6. The normalized spacial score (nSPS) is 14.7. The topological polar surface area (TPSA) is 120 Å². The molecule has 170 valence electrons. The molecule has 0 amide bonds. The SMILES string of the molecule is NS(=O)(=O)c1ccc(NC(=S)N2CCN(c3ncnc4[nH]c5ccc(Cl)cc5c34)CC2)cc1. The van der Waals surface area contributed by atoms with E-state index in [1.54, 1.807) is 18.5 Å². The van der Waals surface area contributed by atoms with E-state index in [4.69, 9.17) is 29.0 Å². The van der Waals surface area contributed by atoms with Crippen molar-refractivity contribution in [3.8, 4) is 0 Å². The summed E-state index contributed by atoms with van der Waals surface area (Å²) >= 11 is 11.8. The van der Waals surface area contributed by atoms with Gasteiger partial charge in [-0.3, -0.25) is 0 Å². The van der Waals surface area contributed by atoms with Crippen LogP contribution < -0.4 is 15.4 Å². The van der Waals surface area contributed by atoms with Gasteiger partial charge >= 0.3 is 0 Å². The van der Waals surface area contributed by atoms with Gasteiger partial charge in [-0.1, -0.05) is 11.6 Å². The summed E-state index contributed by atoms with van der Waals surface area (Å²) in [5.41, 5.74) is 2.44. The zero-order valence-corrected chi connectivity index (χ0v) is 19.7. The lowest BCUT2D eigenvalue weighted by Gasteiger charge is -2.37. The minimum Gasteiger partial charge on any atom is -0.352 e. The maximum absolute atomic E-state index is 11.4. The lowest BCUT2D eigenvalue weighted by atomic mass is 10.2. The molecule has 0 atom stereocenters. The molecule has 1 fully saturated rings. The van der Waals surface area contributed by atoms with Crippen LogP contribution in [0.5, 0.6) is 0 Å². The summed E-state index contributed by atoms with van der Waals surface area (Å²) in [5.74, 6) is 0.866. The van der Waals surface area contributed by atoms with Crippen molar-refractivity contribution in [1.82, 2.24) is 19.9 Å². The van der Waals surface area contributed by atoms with E-state index < -0.39 is 10.0 Å². The molecule has 0 radical (unpaired) electrons. The summed E-state index contributed by atoms with van der Waals surface area (Å²) in [6.45, 7) is 2.86. The molecule has 12 heteroatoms. The van der Waals surface area contributed by atoms with Gasteiger partial charge in [-0.25, -0.2) is 23.5 Å². The standard InChI is InChI=1S/C21H20ClN7O2S2/c22-13-1-6-17-16(11-13)18-19(27-17)24-12-25-20(18)28-7-9-29(10-8-28)21(32)26-14-2-4-15(5-3-14)33(23,30)31/h1-6,11-12H,7-10H2,(H,26,32)(H2,23,30,31)(H,24,25,27). The Labute approximate surface area is 200 Å². The number of aromatic amines is 1. The fourth-order valence-electron chi connectivity index (χ4n) is 3.97. The molecule has 1 aliphatic rings. The molecular weight excluding hydrogens is 482 g/mol. The van der Waals surface area contributed by atoms with Gasteiger partial charge in [0.25, 0.3) is 0 Å². The molecule has 1 aliphatic heterocycles. The van der Waals surface area contributed by atoms with Crippen LogP contribution in [0.25, 0.3) is 21.9 Å². The van der Waals surface area contributed by atoms with Crippen LogP contribution in [0.1, 0.15) is 0 Å². The van der Waals surface area contributed by atoms with Crippen LogP contribution in [0.4, 0.5) is 11.5 Å². The van der Waals surface area contributed by atoms with Crippen molar-refractivity contribution in [3.63, 3.8) is 0 Å². The maximum atomic E-state index is 11.4. The Kier molecular flexibility index (Phi) is 5.57. The molecule has 3 heterocycles. The molecule has 9 nitrogen and oxygen atoms in total. The molecule has 33 heavy (non-hydrogen) atoms. The third-order valence-corrected chi connectivity index (χ3v) is 7.16. The number of sulfonamides is 1. The number of nitrogens with one attached hydrogen (secondary N) is 2. The van der Waals surface area contributed by atoms with Crippen LogP contribution in [0, 0.1) is 0 Å². The van der Waals surface area contributed by atoms with E-state index in [0.717, 1.165) is 40.8 Å². The number of hydrogen-bond donors (Lipinski definition) is 3. The van der Waals surface area contributed by atoms with E-state index in [9.17, 15) is 8.42 Å². The van der Waals surface area contributed by atoms with E-state index in [1.807, 2.05) is 18.2 Å². The first-order valence-corrected chi connectivity index (χ1v) is 12.5. The first-order valence-electron chi connectivity index (χ1n) is 10.2. The van der Waals surface area contributed by atoms with E-state index in [-0.39, 0.29) is 4.90 Å². The highest BCUT2D eigenvalue weighted by Gasteiger charge is 2.23. The Morgan fingerprint density at radius 2 is 1.82 bits per heavy atom. The Bertz CT molecular complexity index is 1460. The Hall–Kier alpha value is -2.99. The lowest BCUT2D eigenvalue weighted by Crippen LogP contribution is -2.50. The van der Waals surface area contributed by atoms with E-state index in [0.29, 0.717) is 28.9 Å². The first kappa shape index (κ1) is 21.8. The highest BCUT2D eigenvalue weighted by Crippen LogP contribution is 2.33. The monoisotopic (exact) mass is 501 g/mol. The molecule has 0 aliphatic carbocycles. The number of benzene rings is 2. The number of piperazine rings is 1. The summed E-state index contributed by atoms with van der Waals surface area (Å²) in [4.78, 5) is 16.6. The van der Waals surface area contributed by atoms with Crippen LogP contribution >= 0.6 is 23.8 Å². The van der Waals surface area contributed by atoms with Crippen molar-refractivity contribution in [1.29, 1.82) is 0 Å². The zero-order chi connectivity index (χ0) is 23.2. The second-order valence-electron chi connectivity index (χ2n) is 7.71. The summed E-state index contributed by atoms with van der Waals surface area (Å²) in [7, 11) is -3.73. The highest BCUT2D eigenvalue weighted by atomic mass is 35.5. The second kappa shape index (κ2) is 8.41. The van der Waals surface area contributed by atoms with Gasteiger partial charge < -0.3 is 20.1 Å². The molecule has 0 unspecified atom stereocenters. The zero-order valence-electron chi connectivity index (χ0n) is 17.3. The van der Waals surface area contributed by atoms with Gasteiger partial charge in [0.05, 0.1) is 10.3 Å². The third-order valence-electron chi connectivity index (χ3n) is 5.63. The Morgan fingerprint density at radius 1 is 1.09 bits per heavy atom. The van der Waals surface area contributed by atoms with Crippen molar-refractivity contribution in [3.05, 3.63) is 53.8 Å². The molecule has 4 N–H and O–H groups in total. The number of aromatic nitrogens is 3. The van der Waals surface area contributed by atoms with Gasteiger partial charge in [0, 0.05) is 47.8 Å². The van der Waals surface area contributed by atoms with Gasteiger partial charge in [0.2, 0.25) is 10.0 Å². The molecular formula is C21H20ClN7O2S2. The number of primary sulfonamides is 1. The van der Waals surface area contributed by atoms with Gasteiger partial charge in [-0.2, -0.15) is 0 Å². The predicted molar refractivity (Wildman–Crippen MR) is 134 cm³/mol. The minimum absolute atomic E-state index is 0.0577. The van der Waals surface area contributed by atoms with E-state index in [1.165, 1.54) is 12.1 Å². The van der Waals surface area contributed by atoms with Gasteiger partial charge in [0.1, 0.15) is 17.8 Å². The molecule has 1 saturated heterocycles. The minimum atomic E-state index is -3.73. The molecule has 5 rings (SSSR count). The van der Waals surface area contributed by atoms with Crippen molar-refractivity contribution in [2.24, 2.45) is 5.14 Å². The van der Waals surface area contributed by atoms with Crippen LogP contribution in [0.2, 0.25) is 5.02 Å². The number of nitrogens with two attached hydrogens (primary N) is 1. The number of nitrogens with zero attached hydrogens (tertiary/aromatic N) is 4. The van der Waals surface area contributed by atoms with Crippen molar-refractivity contribution in [2.45, 2.75) is 4.90 Å². The van der Waals surface area contributed by atoms with Gasteiger partial charge in [-0.05, 0) is 54.7 Å².